The molecule has 2 unspecified atom stereocenters. The molecule has 0 fully saturated rings. The zero-order valence-electron chi connectivity index (χ0n) is 8.89. The van der Waals surface area contributed by atoms with Crippen molar-refractivity contribution in [2.45, 2.75) is 31.3 Å². The number of hydrogen-bond donors (Lipinski definition) is 3. The van der Waals surface area contributed by atoms with Crippen LogP contribution < -0.4 is 11.5 Å². The van der Waals surface area contributed by atoms with Gasteiger partial charge in [-0.2, -0.15) is 0 Å². The van der Waals surface area contributed by atoms with E-state index in [9.17, 15) is 9.59 Å². The highest BCUT2D eigenvalue weighted by Gasteiger charge is 2.12. The van der Waals surface area contributed by atoms with E-state index < -0.39 is 24.0 Å². The number of esters is 1. The van der Waals surface area contributed by atoms with Crippen molar-refractivity contribution in [1.29, 1.82) is 0 Å². The van der Waals surface area contributed by atoms with Gasteiger partial charge in [0.2, 0.25) is 0 Å². The molecule has 0 spiro atoms. The van der Waals surface area contributed by atoms with Gasteiger partial charge in [0.25, 0.3) is 0 Å². The first-order valence-electron chi connectivity index (χ1n) is 4.85. The molecule has 6 nitrogen and oxygen atoms in total. The van der Waals surface area contributed by atoms with Crippen LogP contribution in [0.1, 0.15) is 19.3 Å². The highest BCUT2D eigenvalue weighted by Crippen LogP contribution is 2.00. The number of carboxylic acid groups (broad SMARTS) is 1. The van der Waals surface area contributed by atoms with Gasteiger partial charge < -0.3 is 21.3 Å². The quantitative estimate of drug-likeness (QED) is 0.294. The van der Waals surface area contributed by atoms with Crippen LogP contribution >= 0.6 is 0 Å². The summed E-state index contributed by atoms with van der Waals surface area (Å²) in [5.41, 5.74) is 10.5. The third-order valence-corrected chi connectivity index (χ3v) is 1.90. The number of hydrogen-bond acceptors (Lipinski definition) is 5. The predicted molar refractivity (Wildman–Crippen MR) is 57.2 cm³/mol. The SMILES string of the molecule is C#CC(N)C(=O)OCCCCC(N)C(=O)O. The van der Waals surface area contributed by atoms with Gasteiger partial charge in [-0.25, -0.2) is 4.79 Å². The summed E-state index contributed by atoms with van der Waals surface area (Å²) in [6, 6.07) is -1.91. The Morgan fingerprint density at radius 1 is 1.38 bits per heavy atom. The molecule has 0 radical (unpaired) electrons. The van der Waals surface area contributed by atoms with Crippen LogP contribution in [-0.2, 0) is 14.3 Å². The lowest BCUT2D eigenvalue weighted by Gasteiger charge is -2.07. The number of aliphatic carboxylic acids is 1. The van der Waals surface area contributed by atoms with Crippen molar-refractivity contribution < 1.29 is 19.4 Å². The fraction of sp³-hybridized carbons (Fsp3) is 0.600. The summed E-state index contributed by atoms with van der Waals surface area (Å²) in [7, 11) is 0. The summed E-state index contributed by atoms with van der Waals surface area (Å²) in [6.07, 6.45) is 6.35. The van der Waals surface area contributed by atoms with Crippen molar-refractivity contribution in [3.8, 4) is 12.3 Å². The Labute approximate surface area is 93.9 Å². The van der Waals surface area contributed by atoms with Crippen LogP contribution in [-0.4, -0.2) is 35.7 Å². The van der Waals surface area contributed by atoms with Crippen molar-refractivity contribution in [2.24, 2.45) is 11.5 Å². The molecule has 6 heteroatoms. The topological polar surface area (TPSA) is 116 Å². The van der Waals surface area contributed by atoms with Crippen molar-refractivity contribution in [1.82, 2.24) is 0 Å². The standard InChI is InChI=1S/C10H16N2O4/c1-2-7(11)10(15)16-6-4-3-5-8(12)9(13)14/h1,7-8H,3-6,11-12H2,(H,13,14). The number of carboxylic acids is 1. The van der Waals surface area contributed by atoms with E-state index in [1.807, 2.05) is 5.92 Å². The van der Waals surface area contributed by atoms with Gasteiger partial charge in [-0.1, -0.05) is 5.92 Å². The van der Waals surface area contributed by atoms with Crippen LogP contribution in [0.5, 0.6) is 0 Å². The second-order valence-corrected chi connectivity index (χ2v) is 3.25. The zero-order valence-corrected chi connectivity index (χ0v) is 8.89. The maximum atomic E-state index is 11.0. The van der Waals surface area contributed by atoms with E-state index in [4.69, 9.17) is 27.7 Å². The first-order chi connectivity index (χ1) is 7.49. The molecule has 0 aliphatic carbocycles. The Hall–Kier alpha value is -1.58. The fourth-order valence-corrected chi connectivity index (χ4v) is 0.920. The van der Waals surface area contributed by atoms with E-state index in [2.05, 4.69) is 0 Å². The van der Waals surface area contributed by atoms with Crippen LogP contribution in [0.2, 0.25) is 0 Å². The number of rotatable bonds is 7. The Morgan fingerprint density at radius 3 is 2.50 bits per heavy atom. The number of terminal acetylenes is 1. The Bertz CT molecular complexity index is 285. The van der Waals surface area contributed by atoms with E-state index in [0.29, 0.717) is 19.3 Å². The minimum absolute atomic E-state index is 0.167. The average molecular weight is 228 g/mol. The molecule has 0 saturated carbocycles. The van der Waals surface area contributed by atoms with Crippen LogP contribution in [0, 0.1) is 12.3 Å². The highest BCUT2D eigenvalue weighted by molar-refractivity contribution is 5.78. The van der Waals surface area contributed by atoms with Crippen LogP contribution in [0.3, 0.4) is 0 Å². The van der Waals surface area contributed by atoms with Crippen molar-refractivity contribution in [2.75, 3.05) is 6.61 Å². The van der Waals surface area contributed by atoms with Gasteiger partial charge >= 0.3 is 11.9 Å². The first-order valence-corrected chi connectivity index (χ1v) is 4.85. The third-order valence-electron chi connectivity index (χ3n) is 1.90. The molecule has 0 rings (SSSR count). The van der Waals surface area contributed by atoms with E-state index in [1.54, 1.807) is 0 Å². The molecule has 0 aliphatic rings. The molecular formula is C10H16N2O4. The number of carbonyl (C=O) groups excluding carboxylic acids is 1. The number of unbranched alkanes of at least 4 members (excludes halogenated alkanes) is 1. The molecule has 0 aromatic heterocycles. The zero-order chi connectivity index (χ0) is 12.6. The average Bonchev–Trinajstić information content (AvgIpc) is 2.26. The van der Waals surface area contributed by atoms with Gasteiger partial charge in [0.15, 0.2) is 6.04 Å². The summed E-state index contributed by atoms with van der Waals surface area (Å²) >= 11 is 0. The van der Waals surface area contributed by atoms with Crippen LogP contribution in [0.4, 0.5) is 0 Å². The summed E-state index contributed by atoms with van der Waals surface area (Å²) < 4.78 is 4.74. The maximum absolute atomic E-state index is 11.0. The third kappa shape index (κ3) is 6.01. The second-order valence-electron chi connectivity index (χ2n) is 3.25. The molecule has 2 atom stereocenters. The second kappa shape index (κ2) is 7.68. The van der Waals surface area contributed by atoms with Gasteiger partial charge in [0, 0.05) is 0 Å². The normalized spacial score (nSPS) is 13.6. The van der Waals surface area contributed by atoms with E-state index in [0.717, 1.165) is 0 Å². The predicted octanol–water partition coefficient (Wildman–Crippen LogP) is -0.928. The minimum Gasteiger partial charge on any atom is -0.480 e. The van der Waals surface area contributed by atoms with Crippen molar-refractivity contribution in [3.05, 3.63) is 0 Å². The summed E-state index contributed by atoms with van der Waals surface area (Å²) in [6.45, 7) is 0.167. The monoisotopic (exact) mass is 228 g/mol. The van der Waals surface area contributed by atoms with Crippen LogP contribution in [0.15, 0.2) is 0 Å². The lowest BCUT2D eigenvalue weighted by atomic mass is 10.1. The summed E-state index contributed by atoms with van der Waals surface area (Å²) in [4.78, 5) is 21.3. The number of carbonyl (C=O) groups is 2. The molecule has 0 saturated heterocycles. The first kappa shape index (κ1) is 14.4. The Balaban J connectivity index is 3.52. The largest absolute Gasteiger partial charge is 0.480 e. The molecule has 5 N–H and O–H groups in total. The lowest BCUT2D eigenvalue weighted by molar-refractivity contribution is -0.144. The van der Waals surface area contributed by atoms with Gasteiger partial charge in [-0.3, -0.25) is 4.79 Å². The van der Waals surface area contributed by atoms with Gasteiger partial charge in [0.1, 0.15) is 6.04 Å². The summed E-state index contributed by atoms with van der Waals surface area (Å²) in [5.74, 6) is 0.360. The maximum Gasteiger partial charge on any atom is 0.335 e. The van der Waals surface area contributed by atoms with Crippen molar-refractivity contribution in [3.63, 3.8) is 0 Å². The molecule has 0 heterocycles. The molecule has 0 amide bonds. The van der Waals surface area contributed by atoms with Crippen molar-refractivity contribution >= 4 is 11.9 Å². The Kier molecular flexibility index (Phi) is 6.92. The molecule has 0 aliphatic heterocycles. The van der Waals surface area contributed by atoms with Crippen LogP contribution in [0.25, 0.3) is 0 Å². The molecular weight excluding hydrogens is 212 g/mol. The Morgan fingerprint density at radius 2 is 2.00 bits per heavy atom. The lowest BCUT2D eigenvalue weighted by Crippen LogP contribution is -2.31. The summed E-state index contributed by atoms with van der Waals surface area (Å²) in [5, 5.41) is 8.48. The van der Waals surface area contributed by atoms with Gasteiger partial charge in [-0.15, -0.1) is 6.42 Å². The highest BCUT2D eigenvalue weighted by atomic mass is 16.5. The molecule has 0 aromatic rings. The molecule has 90 valence electrons. The minimum atomic E-state index is -1.04. The van der Waals surface area contributed by atoms with Gasteiger partial charge in [-0.05, 0) is 19.3 Å². The van der Waals surface area contributed by atoms with E-state index >= 15 is 0 Å². The molecule has 0 bridgehead atoms. The van der Waals surface area contributed by atoms with E-state index in [1.165, 1.54) is 0 Å². The molecule has 0 aromatic carbocycles. The van der Waals surface area contributed by atoms with E-state index in [-0.39, 0.29) is 6.61 Å². The fourth-order valence-electron chi connectivity index (χ4n) is 0.920. The number of ether oxygens (including phenoxy) is 1. The number of nitrogens with two attached hydrogens (primary N) is 2. The van der Waals surface area contributed by atoms with Gasteiger partial charge in [0.05, 0.1) is 6.61 Å². The molecule has 16 heavy (non-hydrogen) atoms. The smallest absolute Gasteiger partial charge is 0.335 e.